The summed E-state index contributed by atoms with van der Waals surface area (Å²) in [5, 5.41) is 5.86. The predicted octanol–water partition coefficient (Wildman–Crippen LogP) is 1.46. The average molecular weight is 231 g/mol. The molecule has 1 unspecified atom stereocenters. The number of carbonyl (C=O) groups excluding carboxylic acids is 1. The smallest absolute Gasteiger partial charge is 0.253 e. The summed E-state index contributed by atoms with van der Waals surface area (Å²) in [6.07, 6.45) is 0. The molecule has 1 amide bonds. The first kappa shape index (κ1) is 11.6. The van der Waals surface area contributed by atoms with E-state index < -0.39 is 0 Å². The maximum Gasteiger partial charge on any atom is 0.253 e. The molecule has 1 aromatic rings. The Labute approximate surface area is 101 Å². The second-order valence-electron chi connectivity index (χ2n) is 4.56. The molecule has 0 bridgehead atoms. The molecule has 1 fully saturated rings. The van der Waals surface area contributed by atoms with Crippen molar-refractivity contribution >= 4 is 11.9 Å². The van der Waals surface area contributed by atoms with Gasteiger partial charge in [0.25, 0.3) is 5.91 Å². The Morgan fingerprint density at radius 1 is 1.29 bits per heavy atom. The molecular weight excluding hydrogens is 214 g/mol. The van der Waals surface area contributed by atoms with E-state index in [0.717, 1.165) is 5.56 Å². The van der Waals surface area contributed by atoms with E-state index in [-0.39, 0.29) is 11.9 Å². The lowest BCUT2D eigenvalue weighted by molar-refractivity contribution is -0.120. The third kappa shape index (κ3) is 2.84. The van der Waals surface area contributed by atoms with Crippen molar-refractivity contribution in [3.63, 3.8) is 0 Å². The van der Waals surface area contributed by atoms with Crippen molar-refractivity contribution in [2.75, 3.05) is 6.54 Å². The van der Waals surface area contributed by atoms with Crippen LogP contribution in [-0.2, 0) is 4.79 Å². The van der Waals surface area contributed by atoms with Crippen LogP contribution in [-0.4, -0.2) is 18.4 Å². The first-order chi connectivity index (χ1) is 8.16. The monoisotopic (exact) mass is 231 g/mol. The van der Waals surface area contributed by atoms with Crippen molar-refractivity contribution in [2.24, 2.45) is 10.9 Å². The van der Waals surface area contributed by atoms with Gasteiger partial charge in [-0.05, 0) is 11.5 Å². The normalized spacial score (nSPS) is 21.7. The van der Waals surface area contributed by atoms with Crippen LogP contribution in [0.3, 0.4) is 0 Å². The average Bonchev–Trinajstić information content (AvgIpc) is 2.69. The zero-order valence-corrected chi connectivity index (χ0v) is 10.1. The van der Waals surface area contributed by atoms with Crippen molar-refractivity contribution in [1.29, 1.82) is 0 Å². The maximum atomic E-state index is 11.8. The molecule has 4 nitrogen and oxygen atoms in total. The lowest BCUT2D eigenvalue weighted by Crippen LogP contribution is -2.26. The highest BCUT2D eigenvalue weighted by Crippen LogP contribution is 2.15. The van der Waals surface area contributed by atoms with Crippen molar-refractivity contribution in [3.05, 3.63) is 35.9 Å². The van der Waals surface area contributed by atoms with Gasteiger partial charge in [0.05, 0.1) is 0 Å². The molecule has 2 N–H and O–H groups in total. The molecule has 4 heteroatoms. The van der Waals surface area contributed by atoms with Crippen LogP contribution in [0.5, 0.6) is 0 Å². The van der Waals surface area contributed by atoms with Gasteiger partial charge in [0.15, 0.2) is 5.96 Å². The number of aliphatic imine (C=N–C) groups is 1. The van der Waals surface area contributed by atoms with Crippen molar-refractivity contribution in [2.45, 2.75) is 19.9 Å². The lowest BCUT2D eigenvalue weighted by atomic mass is 10.1. The SMILES string of the molecule is CC(C)CN=C1NC(=O)C(c2ccccc2)N1. The summed E-state index contributed by atoms with van der Waals surface area (Å²) < 4.78 is 0. The van der Waals surface area contributed by atoms with Gasteiger partial charge in [0.2, 0.25) is 0 Å². The molecule has 1 aliphatic heterocycles. The molecule has 1 heterocycles. The van der Waals surface area contributed by atoms with E-state index >= 15 is 0 Å². The van der Waals surface area contributed by atoms with E-state index in [0.29, 0.717) is 18.4 Å². The van der Waals surface area contributed by atoms with Gasteiger partial charge in [-0.2, -0.15) is 0 Å². The third-order valence-electron chi connectivity index (χ3n) is 2.53. The van der Waals surface area contributed by atoms with Crippen molar-refractivity contribution < 1.29 is 4.79 Å². The number of hydrogen-bond acceptors (Lipinski definition) is 2. The second-order valence-corrected chi connectivity index (χ2v) is 4.56. The van der Waals surface area contributed by atoms with Gasteiger partial charge in [0.1, 0.15) is 6.04 Å². The fourth-order valence-corrected chi connectivity index (χ4v) is 1.67. The molecule has 0 radical (unpaired) electrons. The molecule has 1 aliphatic rings. The van der Waals surface area contributed by atoms with Crippen molar-refractivity contribution in [3.8, 4) is 0 Å². The van der Waals surface area contributed by atoms with Gasteiger partial charge < -0.3 is 5.32 Å². The largest absolute Gasteiger partial charge is 0.340 e. The zero-order chi connectivity index (χ0) is 12.3. The van der Waals surface area contributed by atoms with Gasteiger partial charge in [-0.15, -0.1) is 0 Å². The minimum absolute atomic E-state index is 0.0429. The van der Waals surface area contributed by atoms with E-state index in [1.165, 1.54) is 0 Å². The predicted molar refractivity (Wildman–Crippen MR) is 67.6 cm³/mol. The summed E-state index contributed by atoms with van der Waals surface area (Å²) in [4.78, 5) is 16.1. The first-order valence-corrected chi connectivity index (χ1v) is 5.83. The summed E-state index contributed by atoms with van der Waals surface area (Å²) in [7, 11) is 0. The third-order valence-corrected chi connectivity index (χ3v) is 2.53. The van der Waals surface area contributed by atoms with E-state index in [1.54, 1.807) is 0 Å². The van der Waals surface area contributed by atoms with Crippen LogP contribution in [0.2, 0.25) is 0 Å². The van der Waals surface area contributed by atoms with Gasteiger partial charge >= 0.3 is 0 Å². The minimum atomic E-state index is -0.317. The van der Waals surface area contributed by atoms with E-state index in [2.05, 4.69) is 29.5 Å². The molecule has 0 aromatic heterocycles. The summed E-state index contributed by atoms with van der Waals surface area (Å²) >= 11 is 0. The molecular formula is C13H17N3O. The molecule has 1 atom stereocenters. The Morgan fingerprint density at radius 2 is 2.00 bits per heavy atom. The number of guanidine groups is 1. The van der Waals surface area contributed by atoms with Crippen LogP contribution in [0.15, 0.2) is 35.3 Å². The summed E-state index contributed by atoms with van der Waals surface area (Å²) in [5.74, 6) is 1.02. The maximum absolute atomic E-state index is 11.8. The standard InChI is InChI=1S/C13H17N3O/c1-9(2)8-14-13-15-11(12(17)16-13)10-6-4-3-5-7-10/h3-7,9,11H,8H2,1-2H3,(H2,14,15,16,17). The molecule has 2 rings (SSSR count). The summed E-state index contributed by atoms with van der Waals surface area (Å²) in [5.41, 5.74) is 0.958. The number of nitrogens with zero attached hydrogens (tertiary/aromatic N) is 1. The highest BCUT2D eigenvalue weighted by Gasteiger charge is 2.29. The van der Waals surface area contributed by atoms with Gasteiger partial charge in [-0.25, -0.2) is 0 Å². The molecule has 0 saturated carbocycles. The van der Waals surface area contributed by atoms with Crippen LogP contribution in [0, 0.1) is 5.92 Å². The topological polar surface area (TPSA) is 53.5 Å². The molecule has 0 aliphatic carbocycles. The quantitative estimate of drug-likeness (QED) is 0.827. The number of rotatable bonds is 3. The van der Waals surface area contributed by atoms with Crippen molar-refractivity contribution in [1.82, 2.24) is 10.6 Å². The fraction of sp³-hybridized carbons (Fsp3) is 0.385. The minimum Gasteiger partial charge on any atom is -0.340 e. The number of carbonyl (C=O) groups is 1. The highest BCUT2D eigenvalue weighted by atomic mass is 16.2. The fourth-order valence-electron chi connectivity index (χ4n) is 1.67. The van der Waals surface area contributed by atoms with Crippen LogP contribution in [0.1, 0.15) is 25.5 Å². The van der Waals surface area contributed by atoms with Crippen LogP contribution < -0.4 is 10.6 Å². The Balaban J connectivity index is 2.08. The number of benzene rings is 1. The Morgan fingerprint density at radius 3 is 2.65 bits per heavy atom. The zero-order valence-electron chi connectivity index (χ0n) is 10.1. The van der Waals surface area contributed by atoms with Crippen LogP contribution >= 0.6 is 0 Å². The molecule has 1 saturated heterocycles. The summed E-state index contributed by atoms with van der Waals surface area (Å²) in [6.45, 7) is 4.90. The highest BCUT2D eigenvalue weighted by molar-refractivity contribution is 6.06. The number of nitrogens with one attached hydrogen (secondary N) is 2. The summed E-state index contributed by atoms with van der Waals surface area (Å²) in [6, 6.07) is 9.33. The molecule has 17 heavy (non-hydrogen) atoms. The molecule has 0 spiro atoms. The van der Waals surface area contributed by atoms with E-state index in [4.69, 9.17) is 0 Å². The lowest BCUT2D eigenvalue weighted by Gasteiger charge is -2.07. The van der Waals surface area contributed by atoms with Gasteiger partial charge in [-0.3, -0.25) is 15.1 Å². The first-order valence-electron chi connectivity index (χ1n) is 5.83. The van der Waals surface area contributed by atoms with Gasteiger partial charge in [-0.1, -0.05) is 44.2 Å². The number of hydrogen-bond donors (Lipinski definition) is 2. The van der Waals surface area contributed by atoms with E-state index in [9.17, 15) is 4.79 Å². The van der Waals surface area contributed by atoms with Crippen LogP contribution in [0.25, 0.3) is 0 Å². The van der Waals surface area contributed by atoms with Gasteiger partial charge in [0, 0.05) is 6.54 Å². The van der Waals surface area contributed by atoms with Crippen LogP contribution in [0.4, 0.5) is 0 Å². The second kappa shape index (κ2) is 4.99. The number of amides is 1. The Hall–Kier alpha value is -1.84. The Kier molecular flexibility index (Phi) is 3.42. The molecule has 1 aromatic carbocycles. The Bertz CT molecular complexity index is 426. The molecule has 90 valence electrons. The van der Waals surface area contributed by atoms with E-state index in [1.807, 2.05) is 30.3 Å².